The third-order valence-corrected chi connectivity index (χ3v) is 4.72. The van der Waals surface area contributed by atoms with E-state index in [1.165, 1.54) is 0 Å². The molecule has 2 aromatic carbocycles. The van der Waals surface area contributed by atoms with Crippen molar-refractivity contribution in [3.8, 4) is 0 Å². The highest BCUT2D eigenvalue weighted by Crippen LogP contribution is 2.48. The molecule has 0 aliphatic heterocycles. The van der Waals surface area contributed by atoms with Crippen LogP contribution in [0.2, 0.25) is 5.02 Å². The zero-order chi connectivity index (χ0) is 16.4. The summed E-state index contributed by atoms with van der Waals surface area (Å²) in [6.45, 7) is 0. The molecule has 0 spiro atoms. The van der Waals surface area contributed by atoms with Crippen molar-refractivity contribution in [2.24, 2.45) is 0 Å². The molecule has 0 bridgehead atoms. The van der Waals surface area contributed by atoms with Gasteiger partial charge in [-0.05, 0) is 48.7 Å². The van der Waals surface area contributed by atoms with Gasteiger partial charge in [-0.15, -0.1) is 0 Å². The molecule has 1 aliphatic rings. The first-order valence-corrected chi connectivity index (χ1v) is 8.31. The van der Waals surface area contributed by atoms with E-state index in [4.69, 9.17) is 11.6 Å². The van der Waals surface area contributed by atoms with Crippen molar-refractivity contribution < 1.29 is 9.59 Å². The van der Waals surface area contributed by atoms with Gasteiger partial charge in [-0.3, -0.25) is 20.4 Å². The van der Waals surface area contributed by atoms with Gasteiger partial charge in [0.25, 0.3) is 5.91 Å². The minimum atomic E-state index is -0.539. The second-order valence-corrected chi connectivity index (χ2v) is 6.86. The van der Waals surface area contributed by atoms with Crippen LogP contribution in [0.1, 0.15) is 28.8 Å². The smallest absolute Gasteiger partial charge is 0.269 e. The van der Waals surface area contributed by atoms with Crippen molar-refractivity contribution in [3.05, 3.63) is 69.2 Å². The van der Waals surface area contributed by atoms with Crippen LogP contribution in [-0.2, 0) is 10.2 Å². The summed E-state index contributed by atoms with van der Waals surface area (Å²) in [6.07, 6.45) is 1.54. The number of hydrazine groups is 1. The lowest BCUT2D eigenvalue weighted by molar-refractivity contribution is -0.124. The first kappa shape index (κ1) is 16.0. The number of carbonyl (C=O) groups excluding carboxylic acids is 2. The van der Waals surface area contributed by atoms with E-state index in [0.29, 0.717) is 10.6 Å². The number of carbonyl (C=O) groups is 2. The second kappa shape index (κ2) is 6.34. The molecule has 1 aliphatic carbocycles. The SMILES string of the molecule is O=C(NNC(=O)C1(c2ccc(Br)cc2)CC1)c1cccc(Cl)c1. The predicted molar refractivity (Wildman–Crippen MR) is 92.1 cm³/mol. The summed E-state index contributed by atoms with van der Waals surface area (Å²) in [6, 6.07) is 14.2. The maximum Gasteiger partial charge on any atom is 0.269 e. The lowest BCUT2D eigenvalue weighted by atomic mass is 9.95. The zero-order valence-electron chi connectivity index (χ0n) is 12.1. The fourth-order valence-corrected chi connectivity index (χ4v) is 2.93. The summed E-state index contributed by atoms with van der Waals surface area (Å²) < 4.78 is 0.965. The van der Waals surface area contributed by atoms with Crippen LogP contribution in [-0.4, -0.2) is 11.8 Å². The number of benzene rings is 2. The Kier molecular flexibility index (Phi) is 4.41. The Morgan fingerprint density at radius 2 is 1.74 bits per heavy atom. The molecule has 1 saturated carbocycles. The molecule has 0 saturated heterocycles. The Morgan fingerprint density at radius 3 is 2.35 bits per heavy atom. The maximum atomic E-state index is 12.5. The van der Waals surface area contributed by atoms with Gasteiger partial charge in [-0.25, -0.2) is 0 Å². The van der Waals surface area contributed by atoms with Crippen LogP contribution in [0.5, 0.6) is 0 Å². The average Bonchev–Trinajstić information content (AvgIpc) is 3.35. The van der Waals surface area contributed by atoms with Gasteiger partial charge in [0, 0.05) is 15.1 Å². The Morgan fingerprint density at radius 1 is 1.04 bits per heavy atom. The second-order valence-electron chi connectivity index (χ2n) is 5.51. The fraction of sp³-hybridized carbons (Fsp3) is 0.176. The summed E-state index contributed by atoms with van der Waals surface area (Å²) >= 11 is 9.24. The van der Waals surface area contributed by atoms with Crippen LogP contribution in [0.4, 0.5) is 0 Å². The van der Waals surface area contributed by atoms with E-state index in [2.05, 4.69) is 26.8 Å². The molecule has 2 aromatic rings. The summed E-state index contributed by atoms with van der Waals surface area (Å²) in [5.74, 6) is -0.595. The van der Waals surface area contributed by atoms with Crippen molar-refractivity contribution in [1.82, 2.24) is 10.9 Å². The number of amides is 2. The molecule has 0 aromatic heterocycles. The molecule has 3 rings (SSSR count). The lowest BCUT2D eigenvalue weighted by Gasteiger charge is -2.16. The Hall–Kier alpha value is -1.85. The molecule has 118 valence electrons. The summed E-state index contributed by atoms with van der Waals surface area (Å²) in [4.78, 5) is 24.5. The van der Waals surface area contributed by atoms with Gasteiger partial charge in [-0.1, -0.05) is 45.7 Å². The van der Waals surface area contributed by atoms with Gasteiger partial charge in [0.05, 0.1) is 5.41 Å². The van der Waals surface area contributed by atoms with Crippen molar-refractivity contribution in [2.45, 2.75) is 18.3 Å². The van der Waals surface area contributed by atoms with E-state index in [1.807, 2.05) is 24.3 Å². The van der Waals surface area contributed by atoms with E-state index < -0.39 is 11.3 Å². The van der Waals surface area contributed by atoms with E-state index in [1.54, 1.807) is 24.3 Å². The minimum Gasteiger partial charge on any atom is -0.272 e. The third-order valence-electron chi connectivity index (χ3n) is 3.96. The summed E-state index contributed by atoms with van der Waals surface area (Å²) in [5.41, 5.74) is 5.78. The third kappa shape index (κ3) is 3.41. The highest BCUT2D eigenvalue weighted by atomic mass is 79.9. The number of nitrogens with one attached hydrogen (secondary N) is 2. The van der Waals surface area contributed by atoms with Crippen LogP contribution in [0.25, 0.3) is 0 Å². The monoisotopic (exact) mass is 392 g/mol. The van der Waals surface area contributed by atoms with E-state index in [-0.39, 0.29) is 5.91 Å². The molecular formula is C17H14BrClN2O2. The first-order chi connectivity index (χ1) is 11.0. The number of hydrogen-bond donors (Lipinski definition) is 2. The molecule has 2 amide bonds. The van der Waals surface area contributed by atoms with Crippen LogP contribution < -0.4 is 10.9 Å². The van der Waals surface area contributed by atoms with E-state index in [9.17, 15) is 9.59 Å². The Labute approximate surface area is 147 Å². The molecule has 6 heteroatoms. The van der Waals surface area contributed by atoms with E-state index >= 15 is 0 Å². The van der Waals surface area contributed by atoms with Gasteiger partial charge in [0.2, 0.25) is 5.91 Å². The largest absolute Gasteiger partial charge is 0.272 e. The van der Waals surface area contributed by atoms with Gasteiger partial charge in [0.15, 0.2) is 0 Å². The van der Waals surface area contributed by atoms with Gasteiger partial charge in [-0.2, -0.15) is 0 Å². The van der Waals surface area contributed by atoms with Gasteiger partial charge < -0.3 is 0 Å². The molecule has 4 nitrogen and oxygen atoms in total. The van der Waals surface area contributed by atoms with Crippen LogP contribution in [0.15, 0.2) is 53.0 Å². The van der Waals surface area contributed by atoms with Crippen molar-refractivity contribution in [1.29, 1.82) is 0 Å². The lowest BCUT2D eigenvalue weighted by Crippen LogP contribution is -2.46. The highest BCUT2D eigenvalue weighted by molar-refractivity contribution is 9.10. The van der Waals surface area contributed by atoms with Gasteiger partial charge >= 0.3 is 0 Å². The molecule has 0 unspecified atom stereocenters. The predicted octanol–water partition coefficient (Wildman–Crippen LogP) is 3.60. The molecule has 0 atom stereocenters. The molecule has 2 N–H and O–H groups in total. The number of hydrogen-bond acceptors (Lipinski definition) is 2. The number of halogens is 2. The normalized spacial score (nSPS) is 14.9. The van der Waals surface area contributed by atoms with Crippen LogP contribution in [0.3, 0.4) is 0 Å². The van der Waals surface area contributed by atoms with Crippen molar-refractivity contribution in [2.75, 3.05) is 0 Å². The molecule has 23 heavy (non-hydrogen) atoms. The Bertz CT molecular complexity index is 757. The first-order valence-electron chi connectivity index (χ1n) is 7.14. The fourth-order valence-electron chi connectivity index (χ4n) is 2.48. The van der Waals surface area contributed by atoms with Crippen LogP contribution in [0, 0.1) is 0 Å². The molecule has 0 heterocycles. The zero-order valence-corrected chi connectivity index (χ0v) is 14.4. The Balaban J connectivity index is 1.65. The molecule has 1 fully saturated rings. The van der Waals surface area contributed by atoms with Crippen LogP contribution >= 0.6 is 27.5 Å². The topological polar surface area (TPSA) is 58.2 Å². The average molecular weight is 394 g/mol. The van der Waals surface area contributed by atoms with Crippen molar-refractivity contribution in [3.63, 3.8) is 0 Å². The quantitative estimate of drug-likeness (QED) is 0.783. The highest BCUT2D eigenvalue weighted by Gasteiger charge is 2.51. The molecular weight excluding hydrogens is 380 g/mol. The van der Waals surface area contributed by atoms with E-state index in [0.717, 1.165) is 22.9 Å². The summed E-state index contributed by atoms with van der Waals surface area (Å²) in [5, 5.41) is 0.470. The minimum absolute atomic E-state index is 0.199. The number of rotatable bonds is 3. The summed E-state index contributed by atoms with van der Waals surface area (Å²) in [7, 11) is 0. The van der Waals surface area contributed by atoms with Gasteiger partial charge in [0.1, 0.15) is 0 Å². The standard InChI is InChI=1S/C17H14BrClN2O2/c18-13-6-4-12(5-7-13)17(8-9-17)16(23)21-20-15(22)11-2-1-3-14(19)10-11/h1-7,10H,8-9H2,(H,20,22)(H,21,23). The molecule has 0 radical (unpaired) electrons. The maximum absolute atomic E-state index is 12.5. The van der Waals surface area contributed by atoms with Crippen molar-refractivity contribution >= 4 is 39.3 Å².